The Bertz CT molecular complexity index is 561. The van der Waals surface area contributed by atoms with Crippen LogP contribution < -0.4 is 5.14 Å². The fourth-order valence-corrected chi connectivity index (χ4v) is 2.48. The zero-order valence-corrected chi connectivity index (χ0v) is 10.2. The monoisotopic (exact) mass is 255 g/mol. The molecule has 5 nitrogen and oxygen atoms in total. The molecule has 1 aromatic rings. The molecule has 1 aliphatic carbocycles. The highest BCUT2D eigenvalue weighted by atomic mass is 32.2. The lowest BCUT2D eigenvalue weighted by molar-refractivity contribution is 0.0596. The molecule has 92 valence electrons. The maximum atomic E-state index is 11.4. The molecule has 2 rings (SSSR count). The van der Waals surface area contributed by atoms with Gasteiger partial charge in [-0.25, -0.2) is 18.4 Å². The van der Waals surface area contributed by atoms with Gasteiger partial charge in [0, 0.05) is 0 Å². The molecule has 17 heavy (non-hydrogen) atoms. The van der Waals surface area contributed by atoms with E-state index in [1.54, 1.807) is 6.07 Å². The fourth-order valence-electron chi connectivity index (χ4n) is 1.72. The smallest absolute Gasteiger partial charge is 0.339 e. The van der Waals surface area contributed by atoms with Crippen LogP contribution in [0.5, 0.6) is 0 Å². The summed E-state index contributed by atoms with van der Waals surface area (Å²) in [5.41, 5.74) is 0.890. The first-order valence-electron chi connectivity index (χ1n) is 5.18. The molecule has 0 atom stereocenters. The van der Waals surface area contributed by atoms with Gasteiger partial charge in [0.15, 0.2) is 0 Å². The molecule has 0 amide bonds. The predicted molar refractivity (Wildman–Crippen MR) is 61.1 cm³/mol. The molecule has 0 saturated heterocycles. The number of primary sulfonamides is 1. The van der Waals surface area contributed by atoms with Crippen molar-refractivity contribution < 1.29 is 17.9 Å². The number of carbonyl (C=O) groups is 1. The zero-order valence-electron chi connectivity index (χ0n) is 9.34. The Morgan fingerprint density at radius 3 is 2.53 bits per heavy atom. The number of benzene rings is 1. The average Bonchev–Trinajstić information content (AvgIpc) is 3.10. The van der Waals surface area contributed by atoms with E-state index >= 15 is 0 Å². The highest BCUT2D eigenvalue weighted by Crippen LogP contribution is 2.40. The van der Waals surface area contributed by atoms with Crippen molar-refractivity contribution in [3.8, 4) is 0 Å². The van der Waals surface area contributed by atoms with Crippen LogP contribution in [0.2, 0.25) is 0 Å². The van der Waals surface area contributed by atoms with Crippen molar-refractivity contribution in [1.82, 2.24) is 0 Å². The van der Waals surface area contributed by atoms with Crippen LogP contribution in [0, 0.1) is 0 Å². The molecule has 6 heteroatoms. The van der Waals surface area contributed by atoms with E-state index in [-0.39, 0.29) is 10.5 Å². The average molecular weight is 255 g/mol. The Morgan fingerprint density at radius 1 is 1.41 bits per heavy atom. The van der Waals surface area contributed by atoms with Gasteiger partial charge in [-0.15, -0.1) is 0 Å². The number of ether oxygens (including phenoxy) is 1. The largest absolute Gasteiger partial charge is 0.465 e. The van der Waals surface area contributed by atoms with Crippen molar-refractivity contribution in [2.24, 2.45) is 5.14 Å². The lowest BCUT2D eigenvalue weighted by atomic mass is 10.1. The number of hydrogen-bond acceptors (Lipinski definition) is 4. The number of rotatable bonds is 3. The Hall–Kier alpha value is -1.40. The van der Waals surface area contributed by atoms with Gasteiger partial charge in [-0.1, -0.05) is 6.07 Å². The van der Waals surface area contributed by atoms with E-state index in [1.807, 2.05) is 0 Å². The number of carbonyl (C=O) groups excluding carboxylic acids is 1. The SMILES string of the molecule is COC(=O)c1ccc(C2CC2)cc1S(N)(=O)=O. The standard InChI is InChI=1S/C11H13NO4S/c1-16-11(13)9-5-4-8(7-2-3-7)6-10(9)17(12,14)15/h4-7H,2-3H2,1H3,(H2,12,14,15). The minimum Gasteiger partial charge on any atom is -0.465 e. The number of sulfonamides is 1. The second-order valence-corrected chi connectivity index (χ2v) is 5.60. The molecule has 0 spiro atoms. The fraction of sp³-hybridized carbons (Fsp3) is 0.364. The predicted octanol–water partition coefficient (Wildman–Crippen LogP) is 0.998. The van der Waals surface area contributed by atoms with Gasteiger partial charge in [0.25, 0.3) is 0 Å². The van der Waals surface area contributed by atoms with Crippen LogP contribution in [-0.2, 0) is 14.8 Å². The lowest BCUT2D eigenvalue weighted by Gasteiger charge is -2.08. The van der Waals surface area contributed by atoms with Crippen molar-refractivity contribution in [1.29, 1.82) is 0 Å². The molecule has 1 fully saturated rings. The minimum atomic E-state index is -3.92. The molecular weight excluding hydrogens is 242 g/mol. The van der Waals surface area contributed by atoms with Crippen molar-refractivity contribution in [3.05, 3.63) is 29.3 Å². The van der Waals surface area contributed by atoms with Gasteiger partial charge in [0.2, 0.25) is 10.0 Å². The molecule has 1 saturated carbocycles. The van der Waals surface area contributed by atoms with Crippen molar-refractivity contribution in [2.75, 3.05) is 7.11 Å². The molecule has 0 bridgehead atoms. The summed E-state index contributed by atoms with van der Waals surface area (Å²) >= 11 is 0. The third kappa shape index (κ3) is 2.48. The maximum absolute atomic E-state index is 11.4. The summed E-state index contributed by atoms with van der Waals surface area (Å²) < 4.78 is 27.4. The number of methoxy groups -OCH3 is 1. The summed E-state index contributed by atoms with van der Waals surface area (Å²) in [6.07, 6.45) is 2.09. The summed E-state index contributed by atoms with van der Waals surface area (Å²) in [6.45, 7) is 0. The first-order valence-corrected chi connectivity index (χ1v) is 6.73. The minimum absolute atomic E-state index is 0.0144. The van der Waals surface area contributed by atoms with Crippen LogP contribution in [0.15, 0.2) is 23.1 Å². The summed E-state index contributed by atoms with van der Waals surface area (Å²) in [5, 5.41) is 5.10. The van der Waals surface area contributed by atoms with E-state index in [9.17, 15) is 13.2 Å². The Kier molecular flexibility index (Phi) is 2.92. The molecular formula is C11H13NO4S. The highest BCUT2D eigenvalue weighted by molar-refractivity contribution is 7.89. The van der Waals surface area contributed by atoms with Crippen LogP contribution in [0.1, 0.15) is 34.7 Å². The van der Waals surface area contributed by atoms with Crippen molar-refractivity contribution >= 4 is 16.0 Å². The first-order chi connectivity index (χ1) is 7.93. The van der Waals surface area contributed by atoms with E-state index in [2.05, 4.69) is 4.74 Å². The van der Waals surface area contributed by atoms with Gasteiger partial charge in [-0.3, -0.25) is 0 Å². The Balaban J connectivity index is 2.56. The van der Waals surface area contributed by atoms with Crippen LogP contribution in [0.4, 0.5) is 0 Å². The van der Waals surface area contributed by atoms with E-state index in [1.165, 1.54) is 19.2 Å². The molecule has 1 aromatic carbocycles. The van der Waals surface area contributed by atoms with Gasteiger partial charge >= 0.3 is 5.97 Å². The van der Waals surface area contributed by atoms with Gasteiger partial charge in [-0.2, -0.15) is 0 Å². The quantitative estimate of drug-likeness (QED) is 0.816. The van der Waals surface area contributed by atoms with Crippen LogP contribution in [0.25, 0.3) is 0 Å². The van der Waals surface area contributed by atoms with E-state index < -0.39 is 16.0 Å². The molecule has 0 unspecified atom stereocenters. The molecule has 0 aromatic heterocycles. The first kappa shape index (κ1) is 12.1. The Morgan fingerprint density at radius 2 is 2.06 bits per heavy atom. The van der Waals surface area contributed by atoms with Crippen molar-refractivity contribution in [2.45, 2.75) is 23.7 Å². The van der Waals surface area contributed by atoms with Gasteiger partial charge < -0.3 is 4.74 Å². The number of esters is 1. The Labute approximate surface area is 99.6 Å². The second-order valence-electron chi connectivity index (χ2n) is 4.07. The molecule has 0 aliphatic heterocycles. The molecule has 1 aliphatic rings. The van der Waals surface area contributed by atoms with Crippen LogP contribution in [0.3, 0.4) is 0 Å². The molecule has 2 N–H and O–H groups in total. The van der Waals surface area contributed by atoms with Gasteiger partial charge in [0.05, 0.1) is 17.6 Å². The third-order valence-corrected chi connectivity index (χ3v) is 3.72. The topological polar surface area (TPSA) is 86.5 Å². The third-order valence-electron chi connectivity index (χ3n) is 2.77. The molecule has 0 heterocycles. The van der Waals surface area contributed by atoms with Crippen LogP contribution in [-0.4, -0.2) is 21.5 Å². The molecule has 0 radical (unpaired) electrons. The van der Waals surface area contributed by atoms with E-state index in [4.69, 9.17) is 5.14 Å². The van der Waals surface area contributed by atoms with Crippen molar-refractivity contribution in [3.63, 3.8) is 0 Å². The highest BCUT2D eigenvalue weighted by Gasteiger charge is 2.27. The second kappa shape index (κ2) is 4.12. The van der Waals surface area contributed by atoms with Crippen LogP contribution >= 0.6 is 0 Å². The summed E-state index contributed by atoms with van der Waals surface area (Å²) in [4.78, 5) is 11.3. The summed E-state index contributed by atoms with van der Waals surface area (Å²) in [7, 11) is -2.72. The zero-order chi connectivity index (χ0) is 12.6. The normalized spacial score (nSPS) is 15.6. The maximum Gasteiger partial charge on any atom is 0.339 e. The number of hydrogen-bond donors (Lipinski definition) is 1. The van der Waals surface area contributed by atoms with Gasteiger partial charge in [-0.05, 0) is 36.5 Å². The number of nitrogens with two attached hydrogens (primary N) is 1. The summed E-state index contributed by atoms with van der Waals surface area (Å²) in [6, 6.07) is 4.68. The van der Waals surface area contributed by atoms with E-state index in [0.717, 1.165) is 18.4 Å². The summed E-state index contributed by atoms with van der Waals surface area (Å²) in [5.74, 6) is -0.307. The van der Waals surface area contributed by atoms with Gasteiger partial charge in [0.1, 0.15) is 0 Å². The van der Waals surface area contributed by atoms with E-state index in [0.29, 0.717) is 5.92 Å². The lowest BCUT2D eigenvalue weighted by Crippen LogP contribution is -2.17.